The lowest BCUT2D eigenvalue weighted by atomic mass is 9.80. The molecule has 0 radical (unpaired) electrons. The first-order chi connectivity index (χ1) is 17.4. The van der Waals surface area contributed by atoms with E-state index >= 15 is 0 Å². The van der Waals surface area contributed by atoms with Crippen LogP contribution in [0, 0.1) is 6.92 Å². The fourth-order valence-electron chi connectivity index (χ4n) is 5.70. The molecule has 0 aliphatic carbocycles. The molecule has 6 rings (SSSR count). The van der Waals surface area contributed by atoms with E-state index in [1.54, 1.807) is 4.68 Å². The summed E-state index contributed by atoms with van der Waals surface area (Å²) in [6.45, 7) is 3.91. The van der Waals surface area contributed by atoms with Crippen LogP contribution in [0.5, 0.6) is 5.75 Å². The zero-order valence-electron chi connectivity index (χ0n) is 21.0. The lowest BCUT2D eigenvalue weighted by Crippen LogP contribution is -2.51. The van der Waals surface area contributed by atoms with Crippen LogP contribution in [0.3, 0.4) is 0 Å². The average molecular weight is 482 g/mol. The number of piperidine rings is 1. The van der Waals surface area contributed by atoms with Crippen molar-refractivity contribution < 1.29 is 9.53 Å². The second-order valence-electron chi connectivity index (χ2n) is 10.2. The summed E-state index contributed by atoms with van der Waals surface area (Å²) in [6, 6.07) is 19.8. The fraction of sp³-hybridized carbons (Fsp3) is 0.345. The normalized spacial score (nSPS) is 19.1. The maximum Gasteiger partial charge on any atom is 0.252 e. The van der Waals surface area contributed by atoms with Crippen LogP contribution in [-0.4, -0.2) is 51.3 Å². The highest BCUT2D eigenvalue weighted by Gasteiger charge is 2.43. The number of pyridine rings is 1. The first kappa shape index (κ1) is 22.7. The summed E-state index contributed by atoms with van der Waals surface area (Å²) in [6.07, 6.45) is 2.66. The van der Waals surface area contributed by atoms with E-state index in [9.17, 15) is 4.79 Å². The Balaban J connectivity index is 1.40. The molecule has 1 amide bonds. The Labute approximate surface area is 211 Å². The number of hydrogen-bond acceptors (Lipinski definition) is 5. The van der Waals surface area contributed by atoms with Crippen molar-refractivity contribution in [2.24, 2.45) is 7.05 Å². The Morgan fingerprint density at radius 2 is 1.78 bits per heavy atom. The Kier molecular flexibility index (Phi) is 5.52. The smallest absolute Gasteiger partial charge is 0.252 e. The molecule has 0 bridgehead atoms. The standard InChI is InChI=1S/C29H31N5O2/c1-19-26-22(17-23(20-9-5-4-6-10-20)30-27(26)34(3)32-19)28(35)31-24-18-29(13-15-33(2)16-14-29)36-25-12-8-7-11-21(24)25/h4-12,17,24H,13-16,18H2,1-3H3,(H,31,35). The van der Waals surface area contributed by atoms with Gasteiger partial charge < -0.3 is 15.0 Å². The zero-order chi connectivity index (χ0) is 24.9. The molecule has 1 N–H and O–H groups in total. The van der Waals surface area contributed by atoms with E-state index in [1.165, 1.54) is 0 Å². The predicted molar refractivity (Wildman–Crippen MR) is 140 cm³/mol. The molecule has 2 aromatic carbocycles. The van der Waals surface area contributed by atoms with Gasteiger partial charge in [0, 0.05) is 37.7 Å². The van der Waals surface area contributed by atoms with Crippen LogP contribution in [0.4, 0.5) is 0 Å². The minimum absolute atomic E-state index is 0.111. The van der Waals surface area contributed by atoms with Crippen molar-refractivity contribution in [1.29, 1.82) is 0 Å². The van der Waals surface area contributed by atoms with Gasteiger partial charge in [-0.05, 0) is 38.9 Å². The lowest BCUT2D eigenvalue weighted by Gasteiger charge is -2.46. The van der Waals surface area contributed by atoms with E-state index in [1.807, 2.05) is 68.6 Å². The molecule has 1 fully saturated rings. The third-order valence-corrected chi connectivity index (χ3v) is 7.68. The van der Waals surface area contributed by atoms with Crippen molar-refractivity contribution in [3.63, 3.8) is 0 Å². The molecule has 2 aromatic heterocycles. The number of nitrogens with zero attached hydrogens (tertiary/aromatic N) is 4. The van der Waals surface area contributed by atoms with Gasteiger partial charge in [-0.3, -0.25) is 9.48 Å². The maximum absolute atomic E-state index is 14.0. The van der Waals surface area contributed by atoms with E-state index in [0.29, 0.717) is 11.2 Å². The minimum atomic E-state index is -0.258. The van der Waals surface area contributed by atoms with Crippen LogP contribution in [0.25, 0.3) is 22.3 Å². The van der Waals surface area contributed by atoms with Crippen molar-refractivity contribution in [3.05, 3.63) is 77.5 Å². The number of nitrogens with one attached hydrogen (secondary N) is 1. The number of para-hydroxylation sites is 1. The van der Waals surface area contributed by atoms with Gasteiger partial charge in [0.25, 0.3) is 5.91 Å². The number of hydrogen-bond donors (Lipinski definition) is 1. The second kappa shape index (κ2) is 8.75. The number of amides is 1. The van der Waals surface area contributed by atoms with Gasteiger partial charge in [0.1, 0.15) is 11.4 Å². The summed E-state index contributed by atoms with van der Waals surface area (Å²) in [5.41, 5.74) is 4.61. The van der Waals surface area contributed by atoms with E-state index in [2.05, 4.69) is 28.4 Å². The molecule has 7 nitrogen and oxygen atoms in total. The van der Waals surface area contributed by atoms with Crippen LogP contribution >= 0.6 is 0 Å². The van der Waals surface area contributed by atoms with Crippen LogP contribution in [0.2, 0.25) is 0 Å². The fourth-order valence-corrected chi connectivity index (χ4v) is 5.70. The maximum atomic E-state index is 14.0. The quantitative estimate of drug-likeness (QED) is 0.461. The van der Waals surface area contributed by atoms with Crippen molar-refractivity contribution in [2.75, 3.05) is 20.1 Å². The van der Waals surface area contributed by atoms with Crippen LogP contribution in [0.1, 0.15) is 46.9 Å². The number of likely N-dealkylation sites (tertiary alicyclic amines) is 1. The Morgan fingerprint density at radius 1 is 1.06 bits per heavy atom. The monoisotopic (exact) mass is 481 g/mol. The molecule has 4 aromatic rings. The van der Waals surface area contributed by atoms with Crippen molar-refractivity contribution >= 4 is 16.9 Å². The number of aromatic nitrogens is 3. The second-order valence-corrected chi connectivity index (χ2v) is 10.2. The highest BCUT2D eigenvalue weighted by Crippen LogP contribution is 2.44. The van der Waals surface area contributed by atoms with Gasteiger partial charge in [-0.15, -0.1) is 0 Å². The number of fused-ring (bicyclic) bond motifs is 2. The average Bonchev–Trinajstić information content (AvgIpc) is 3.19. The molecule has 1 spiro atoms. The molecular weight excluding hydrogens is 450 g/mol. The Hall–Kier alpha value is -3.71. The third kappa shape index (κ3) is 3.93. The van der Waals surface area contributed by atoms with Crippen molar-refractivity contribution in [2.45, 2.75) is 37.8 Å². The first-order valence-electron chi connectivity index (χ1n) is 12.6. The van der Waals surface area contributed by atoms with Gasteiger partial charge in [-0.25, -0.2) is 4.98 Å². The van der Waals surface area contributed by atoms with Crippen LogP contribution in [-0.2, 0) is 7.05 Å². The largest absolute Gasteiger partial charge is 0.487 e. The number of ether oxygens (including phenoxy) is 1. The Morgan fingerprint density at radius 3 is 2.56 bits per heavy atom. The van der Waals surface area contributed by atoms with Crippen LogP contribution < -0.4 is 10.1 Å². The summed E-state index contributed by atoms with van der Waals surface area (Å²) < 4.78 is 8.35. The molecule has 1 saturated heterocycles. The predicted octanol–water partition coefficient (Wildman–Crippen LogP) is 4.66. The van der Waals surface area contributed by atoms with Gasteiger partial charge in [-0.1, -0.05) is 48.5 Å². The number of carbonyl (C=O) groups is 1. The summed E-state index contributed by atoms with van der Waals surface area (Å²) in [5.74, 6) is 0.765. The first-order valence-corrected chi connectivity index (χ1v) is 12.6. The summed E-state index contributed by atoms with van der Waals surface area (Å²) in [5, 5.41) is 8.76. The molecule has 2 aliphatic rings. The highest BCUT2D eigenvalue weighted by molar-refractivity contribution is 6.07. The lowest BCUT2D eigenvalue weighted by molar-refractivity contribution is -0.0195. The molecule has 36 heavy (non-hydrogen) atoms. The molecule has 1 atom stereocenters. The zero-order valence-corrected chi connectivity index (χ0v) is 21.0. The Bertz CT molecular complexity index is 1440. The molecule has 7 heteroatoms. The summed E-state index contributed by atoms with van der Waals surface area (Å²) in [4.78, 5) is 21.2. The van der Waals surface area contributed by atoms with E-state index in [0.717, 1.165) is 66.0 Å². The van der Waals surface area contributed by atoms with Gasteiger partial charge in [0.15, 0.2) is 5.65 Å². The van der Waals surface area contributed by atoms with E-state index in [4.69, 9.17) is 9.72 Å². The molecule has 4 heterocycles. The molecule has 1 unspecified atom stereocenters. The van der Waals surface area contributed by atoms with Gasteiger partial charge in [-0.2, -0.15) is 5.10 Å². The summed E-state index contributed by atoms with van der Waals surface area (Å²) >= 11 is 0. The van der Waals surface area contributed by atoms with Gasteiger partial charge in [0.05, 0.1) is 28.4 Å². The highest BCUT2D eigenvalue weighted by atomic mass is 16.5. The third-order valence-electron chi connectivity index (χ3n) is 7.68. The number of rotatable bonds is 3. The van der Waals surface area contributed by atoms with Gasteiger partial charge >= 0.3 is 0 Å². The molecule has 0 saturated carbocycles. The van der Waals surface area contributed by atoms with E-state index in [-0.39, 0.29) is 17.6 Å². The van der Waals surface area contributed by atoms with Crippen molar-refractivity contribution in [1.82, 2.24) is 25.0 Å². The van der Waals surface area contributed by atoms with Crippen LogP contribution in [0.15, 0.2) is 60.7 Å². The topological polar surface area (TPSA) is 72.3 Å². The number of aryl methyl sites for hydroxylation is 2. The number of benzene rings is 2. The molecule has 2 aliphatic heterocycles. The molecular formula is C29H31N5O2. The SMILES string of the molecule is Cc1nn(C)c2nc(-c3ccccc3)cc(C(=O)NC3CC4(CCN(C)CC4)Oc4ccccc43)c12. The summed E-state index contributed by atoms with van der Waals surface area (Å²) in [7, 11) is 4.02. The van der Waals surface area contributed by atoms with Gasteiger partial charge in [0.2, 0.25) is 0 Å². The van der Waals surface area contributed by atoms with E-state index < -0.39 is 0 Å². The number of carbonyl (C=O) groups excluding carboxylic acids is 1. The molecule has 184 valence electrons. The minimum Gasteiger partial charge on any atom is -0.487 e. The van der Waals surface area contributed by atoms with Crippen molar-refractivity contribution in [3.8, 4) is 17.0 Å².